The van der Waals surface area contributed by atoms with Crippen molar-refractivity contribution in [3.63, 3.8) is 0 Å². The molecule has 1 aliphatic carbocycles. The molecule has 0 spiro atoms. The van der Waals surface area contributed by atoms with Gasteiger partial charge in [-0.05, 0) is 18.2 Å². The minimum atomic E-state index is 0.0217. The Morgan fingerprint density at radius 2 is 1.94 bits per heavy atom. The van der Waals surface area contributed by atoms with Gasteiger partial charge in [0.1, 0.15) is 5.71 Å². The molecule has 1 aliphatic rings. The van der Waals surface area contributed by atoms with Crippen LogP contribution in [0.3, 0.4) is 0 Å². The van der Waals surface area contributed by atoms with Gasteiger partial charge in [0.05, 0.1) is 5.69 Å². The second-order valence-corrected chi connectivity index (χ2v) is 3.39. The van der Waals surface area contributed by atoms with Crippen LogP contribution in [0.1, 0.15) is 6.42 Å². The van der Waals surface area contributed by atoms with Crippen molar-refractivity contribution in [1.82, 2.24) is 0 Å². The van der Waals surface area contributed by atoms with Crippen molar-refractivity contribution >= 4 is 17.2 Å². The number of hydrogen-bond donors (Lipinski definition) is 1. The lowest BCUT2D eigenvalue weighted by Crippen LogP contribution is -2.11. The first-order valence-electron chi connectivity index (χ1n) is 5.11. The van der Waals surface area contributed by atoms with Gasteiger partial charge >= 0.3 is 0 Å². The average Bonchev–Trinajstić information content (AvgIpc) is 2.53. The van der Waals surface area contributed by atoms with Crippen LogP contribution in [0.5, 0.6) is 0 Å². The molecule has 0 aromatic heterocycles. The molecule has 1 aromatic carbocycles. The number of hydrazone groups is 1. The van der Waals surface area contributed by atoms with Crippen LogP contribution in [0.2, 0.25) is 0 Å². The quantitative estimate of drug-likeness (QED) is 0.765. The largest absolute Gasteiger partial charge is 0.292 e. The third-order valence-corrected chi connectivity index (χ3v) is 2.17. The second kappa shape index (κ2) is 5.07. The predicted octanol–water partition coefficient (Wildman–Crippen LogP) is 2.54. The Kier molecular flexibility index (Phi) is 3.28. The summed E-state index contributed by atoms with van der Waals surface area (Å²) >= 11 is 0. The highest BCUT2D eigenvalue weighted by Gasteiger charge is 2.07. The zero-order valence-electron chi connectivity index (χ0n) is 8.76. The lowest BCUT2D eigenvalue weighted by molar-refractivity contribution is -0.112. The van der Waals surface area contributed by atoms with Gasteiger partial charge in [-0.1, -0.05) is 36.4 Å². The van der Waals surface area contributed by atoms with Crippen molar-refractivity contribution in [2.75, 3.05) is 5.43 Å². The van der Waals surface area contributed by atoms with Crippen LogP contribution in [0.4, 0.5) is 5.69 Å². The molecule has 0 saturated heterocycles. The van der Waals surface area contributed by atoms with E-state index in [1.54, 1.807) is 6.08 Å². The molecule has 0 radical (unpaired) electrons. The fourth-order valence-corrected chi connectivity index (χ4v) is 1.33. The molecule has 0 bridgehead atoms. The van der Waals surface area contributed by atoms with E-state index in [4.69, 9.17) is 0 Å². The Bertz CT molecular complexity index is 458. The Labute approximate surface area is 94.2 Å². The lowest BCUT2D eigenvalue weighted by Gasteiger charge is -2.01. The molecule has 0 amide bonds. The molecule has 3 heteroatoms. The first kappa shape index (κ1) is 10.4. The molecule has 0 unspecified atom stereocenters. The number of anilines is 1. The zero-order chi connectivity index (χ0) is 11.2. The summed E-state index contributed by atoms with van der Waals surface area (Å²) in [6.45, 7) is 0. The normalized spacial score (nSPS) is 17.5. The third-order valence-electron chi connectivity index (χ3n) is 2.17. The highest BCUT2D eigenvalue weighted by molar-refractivity contribution is 6.44. The minimum Gasteiger partial charge on any atom is -0.292 e. The lowest BCUT2D eigenvalue weighted by atomic mass is 10.2. The average molecular weight is 212 g/mol. The van der Waals surface area contributed by atoms with Crippen LogP contribution in [0, 0.1) is 0 Å². The van der Waals surface area contributed by atoms with Crippen LogP contribution in [-0.2, 0) is 4.79 Å². The number of hydrogen-bond acceptors (Lipinski definition) is 3. The van der Waals surface area contributed by atoms with E-state index in [-0.39, 0.29) is 5.78 Å². The first-order valence-corrected chi connectivity index (χ1v) is 5.11. The summed E-state index contributed by atoms with van der Waals surface area (Å²) in [5, 5.41) is 4.08. The number of para-hydroxylation sites is 1. The van der Waals surface area contributed by atoms with Crippen molar-refractivity contribution in [2.45, 2.75) is 6.42 Å². The number of allylic oxidation sites excluding steroid dienone is 4. The smallest absolute Gasteiger partial charge is 0.186 e. The molecule has 2 rings (SSSR count). The minimum absolute atomic E-state index is 0.0217. The summed E-state index contributed by atoms with van der Waals surface area (Å²) < 4.78 is 0. The SMILES string of the molecule is O=C1CC=CC=C/C1=N\Nc1ccccc1. The molecule has 80 valence electrons. The molecule has 1 N–H and O–H groups in total. The van der Waals surface area contributed by atoms with Crippen molar-refractivity contribution in [3.8, 4) is 0 Å². The van der Waals surface area contributed by atoms with Crippen LogP contribution < -0.4 is 5.43 Å². The Morgan fingerprint density at radius 3 is 2.75 bits per heavy atom. The molecule has 0 atom stereocenters. The fourth-order valence-electron chi connectivity index (χ4n) is 1.33. The standard InChI is InChI=1S/C13H12N2O/c16-13-10-6-2-5-9-12(13)15-14-11-7-3-1-4-8-11/h1-9,14H,10H2/b15-12+. The topological polar surface area (TPSA) is 41.5 Å². The monoisotopic (exact) mass is 212 g/mol. The highest BCUT2D eigenvalue weighted by atomic mass is 16.1. The first-order chi connectivity index (χ1) is 7.86. The van der Waals surface area contributed by atoms with Crippen LogP contribution in [0.15, 0.2) is 59.7 Å². The van der Waals surface area contributed by atoms with Crippen molar-refractivity contribution in [1.29, 1.82) is 0 Å². The third kappa shape index (κ3) is 2.67. The Morgan fingerprint density at radius 1 is 1.12 bits per heavy atom. The van der Waals surface area contributed by atoms with Gasteiger partial charge < -0.3 is 0 Å². The van der Waals surface area contributed by atoms with Gasteiger partial charge in [0.25, 0.3) is 0 Å². The van der Waals surface area contributed by atoms with Crippen LogP contribution in [-0.4, -0.2) is 11.5 Å². The zero-order valence-corrected chi connectivity index (χ0v) is 8.76. The van der Waals surface area contributed by atoms with Gasteiger partial charge in [-0.15, -0.1) is 0 Å². The molecule has 0 aliphatic heterocycles. The predicted molar refractivity (Wildman–Crippen MR) is 65.4 cm³/mol. The van der Waals surface area contributed by atoms with Gasteiger partial charge in [0, 0.05) is 6.42 Å². The molecular formula is C13H12N2O. The Hall–Kier alpha value is -2.16. The molecule has 1 aromatic rings. The van der Waals surface area contributed by atoms with E-state index in [1.165, 1.54) is 0 Å². The number of carbonyl (C=O) groups excluding carboxylic acids is 1. The summed E-state index contributed by atoms with van der Waals surface area (Å²) in [4.78, 5) is 11.6. The molecular weight excluding hydrogens is 200 g/mol. The van der Waals surface area contributed by atoms with Crippen molar-refractivity contribution in [3.05, 3.63) is 54.6 Å². The van der Waals surface area contributed by atoms with E-state index in [1.807, 2.05) is 48.6 Å². The number of ketones is 1. The maximum Gasteiger partial charge on any atom is 0.186 e. The molecule has 16 heavy (non-hydrogen) atoms. The number of benzene rings is 1. The summed E-state index contributed by atoms with van der Waals surface area (Å²) in [5.74, 6) is 0.0217. The molecule has 3 nitrogen and oxygen atoms in total. The van der Waals surface area contributed by atoms with Gasteiger partial charge in [0.2, 0.25) is 0 Å². The fraction of sp³-hybridized carbons (Fsp3) is 0.0769. The summed E-state index contributed by atoms with van der Waals surface area (Å²) in [7, 11) is 0. The number of rotatable bonds is 2. The van der Waals surface area contributed by atoms with Gasteiger partial charge in [-0.25, -0.2) is 0 Å². The van der Waals surface area contributed by atoms with Crippen LogP contribution >= 0.6 is 0 Å². The molecule has 0 heterocycles. The molecule has 0 fully saturated rings. The second-order valence-electron chi connectivity index (χ2n) is 3.39. The maximum atomic E-state index is 11.6. The van der Waals surface area contributed by atoms with E-state index in [9.17, 15) is 4.79 Å². The van der Waals surface area contributed by atoms with Gasteiger partial charge in [0.15, 0.2) is 5.78 Å². The molecule has 0 saturated carbocycles. The summed E-state index contributed by atoms with van der Waals surface area (Å²) in [5.41, 5.74) is 4.18. The van der Waals surface area contributed by atoms with Crippen molar-refractivity contribution < 1.29 is 4.79 Å². The maximum absolute atomic E-state index is 11.6. The van der Waals surface area contributed by atoms with E-state index < -0.39 is 0 Å². The number of nitrogens with zero attached hydrogens (tertiary/aromatic N) is 1. The van der Waals surface area contributed by atoms with E-state index >= 15 is 0 Å². The number of Topliss-reactive ketones (excluding diaryl/α,β-unsaturated/α-hetero) is 1. The van der Waals surface area contributed by atoms with E-state index in [0.29, 0.717) is 12.1 Å². The van der Waals surface area contributed by atoms with Gasteiger partial charge in [-0.3, -0.25) is 10.2 Å². The summed E-state index contributed by atoms with van der Waals surface area (Å²) in [6, 6.07) is 9.54. The number of nitrogens with one attached hydrogen (secondary N) is 1. The number of carbonyl (C=O) groups is 1. The van der Waals surface area contributed by atoms with E-state index in [0.717, 1.165) is 5.69 Å². The van der Waals surface area contributed by atoms with Gasteiger partial charge in [-0.2, -0.15) is 5.10 Å². The van der Waals surface area contributed by atoms with Crippen molar-refractivity contribution in [2.24, 2.45) is 5.10 Å². The van der Waals surface area contributed by atoms with Crippen LogP contribution in [0.25, 0.3) is 0 Å². The highest BCUT2D eigenvalue weighted by Crippen LogP contribution is 2.06. The Balaban J connectivity index is 2.10. The van der Waals surface area contributed by atoms with E-state index in [2.05, 4.69) is 10.5 Å². The summed E-state index contributed by atoms with van der Waals surface area (Å²) in [6.07, 6.45) is 7.60.